The summed E-state index contributed by atoms with van der Waals surface area (Å²) in [4.78, 5) is 27.6. The van der Waals surface area contributed by atoms with E-state index in [1.807, 2.05) is 67.5 Å². The van der Waals surface area contributed by atoms with Crippen molar-refractivity contribution in [3.05, 3.63) is 65.4 Å². The fourth-order valence-corrected chi connectivity index (χ4v) is 4.68. The van der Waals surface area contributed by atoms with Gasteiger partial charge in [-0.1, -0.05) is 12.1 Å². The smallest absolute Gasteiger partial charge is 0.158 e. The van der Waals surface area contributed by atoms with Crippen LogP contribution in [-0.4, -0.2) is 43.5 Å². The van der Waals surface area contributed by atoms with Crippen molar-refractivity contribution in [3.8, 4) is 5.75 Å². The topological polar surface area (TPSA) is 78.9 Å². The highest BCUT2D eigenvalue weighted by Crippen LogP contribution is 2.48. The Hall–Kier alpha value is -3.12. The van der Waals surface area contributed by atoms with Crippen LogP contribution in [0.3, 0.4) is 0 Å². The zero-order valence-electron chi connectivity index (χ0n) is 19.6. The van der Waals surface area contributed by atoms with Crippen LogP contribution >= 0.6 is 0 Å². The molecule has 0 amide bonds. The zero-order chi connectivity index (χ0) is 23.6. The number of rotatable bonds is 7. The third-order valence-corrected chi connectivity index (χ3v) is 6.15. The first-order chi connectivity index (χ1) is 15.0. The predicted molar refractivity (Wildman–Crippen MR) is 127 cm³/mol. The van der Waals surface area contributed by atoms with Gasteiger partial charge in [-0.15, -0.1) is 0 Å². The molecule has 3 rings (SSSR count). The molecule has 6 nitrogen and oxygen atoms in total. The van der Waals surface area contributed by atoms with E-state index >= 15 is 0 Å². The van der Waals surface area contributed by atoms with E-state index in [9.17, 15) is 14.7 Å². The van der Waals surface area contributed by atoms with Crippen LogP contribution in [0.1, 0.15) is 38.7 Å². The number of aliphatic hydroxyl groups is 1. The molecule has 0 unspecified atom stereocenters. The maximum Gasteiger partial charge on any atom is 0.158 e. The number of benzene rings is 2. The number of ether oxygens (including phenoxy) is 1. The summed E-state index contributed by atoms with van der Waals surface area (Å²) in [5.74, 6) is -0.815. The average molecular weight is 437 g/mol. The van der Waals surface area contributed by atoms with Gasteiger partial charge in [0.1, 0.15) is 11.5 Å². The number of ketones is 2. The molecule has 0 bridgehead atoms. The monoisotopic (exact) mass is 436 g/mol. The second-order valence-corrected chi connectivity index (χ2v) is 8.89. The molecule has 0 saturated carbocycles. The van der Waals surface area contributed by atoms with Crippen molar-refractivity contribution in [3.63, 3.8) is 0 Å². The Bertz CT molecular complexity index is 1020. The van der Waals surface area contributed by atoms with Crippen LogP contribution in [-0.2, 0) is 9.59 Å². The summed E-state index contributed by atoms with van der Waals surface area (Å²) < 4.78 is 5.22. The second-order valence-electron chi connectivity index (χ2n) is 8.89. The Balaban J connectivity index is 2.15. The van der Waals surface area contributed by atoms with Gasteiger partial charge in [0.25, 0.3) is 0 Å². The molecule has 170 valence electrons. The highest BCUT2D eigenvalue weighted by Gasteiger charge is 2.49. The van der Waals surface area contributed by atoms with E-state index < -0.39 is 17.4 Å². The van der Waals surface area contributed by atoms with Crippen molar-refractivity contribution >= 4 is 22.9 Å². The minimum absolute atomic E-state index is 0.121. The SMILES string of the molecule is COc1ccc(NC2=C(C(C)=O)[C@H](c3ccc(N(C)C)cc3)[C@H](C(C)=O)[C@@](C)(O)C2)cc1. The lowest BCUT2D eigenvalue weighted by Crippen LogP contribution is -2.48. The second kappa shape index (κ2) is 9.17. The molecular weight excluding hydrogens is 404 g/mol. The van der Waals surface area contributed by atoms with E-state index in [-0.39, 0.29) is 18.0 Å². The van der Waals surface area contributed by atoms with E-state index in [2.05, 4.69) is 5.32 Å². The molecule has 0 aliphatic heterocycles. The zero-order valence-corrected chi connectivity index (χ0v) is 19.6. The van der Waals surface area contributed by atoms with E-state index in [0.29, 0.717) is 11.3 Å². The number of carbonyl (C=O) groups excluding carboxylic acids is 2. The number of nitrogens with zero attached hydrogens (tertiary/aromatic N) is 1. The van der Waals surface area contributed by atoms with Crippen molar-refractivity contribution in [1.82, 2.24) is 0 Å². The van der Waals surface area contributed by atoms with E-state index in [0.717, 1.165) is 22.7 Å². The molecule has 0 fully saturated rings. The first kappa shape index (κ1) is 23.5. The standard InChI is InChI=1S/C26H32N2O4/c1-16(29)23-22(27-19-9-13-21(32-6)14-10-19)15-26(3,31)25(17(2)30)24(23)18-7-11-20(12-8-18)28(4)5/h7-14,24-25,27,31H,15H2,1-6H3/t24-,25-,26-/m0/s1. The van der Waals surface area contributed by atoms with Crippen LogP contribution in [0.5, 0.6) is 5.75 Å². The van der Waals surface area contributed by atoms with Crippen LogP contribution in [0.15, 0.2) is 59.8 Å². The Morgan fingerprint density at radius 2 is 1.66 bits per heavy atom. The number of nitrogens with one attached hydrogen (secondary N) is 1. The van der Waals surface area contributed by atoms with Gasteiger partial charge in [0.15, 0.2) is 5.78 Å². The highest BCUT2D eigenvalue weighted by molar-refractivity contribution is 5.98. The Kier molecular flexibility index (Phi) is 6.74. The summed E-state index contributed by atoms with van der Waals surface area (Å²) in [7, 11) is 5.51. The summed E-state index contributed by atoms with van der Waals surface area (Å²) in [5.41, 5.74) is 2.47. The summed E-state index contributed by atoms with van der Waals surface area (Å²) in [6.07, 6.45) is 0.171. The lowest BCUT2D eigenvalue weighted by Gasteiger charge is -2.43. The number of methoxy groups -OCH3 is 1. The summed E-state index contributed by atoms with van der Waals surface area (Å²) >= 11 is 0. The number of hydrogen-bond donors (Lipinski definition) is 2. The largest absolute Gasteiger partial charge is 0.497 e. The Labute approximate surface area is 189 Å². The fraction of sp³-hybridized carbons (Fsp3) is 0.385. The number of Topliss-reactive ketones (excluding diaryl/α,β-unsaturated/α-hetero) is 2. The van der Waals surface area contributed by atoms with Crippen LogP contribution in [0.2, 0.25) is 0 Å². The Morgan fingerprint density at radius 1 is 1.06 bits per heavy atom. The lowest BCUT2D eigenvalue weighted by molar-refractivity contribution is -0.131. The van der Waals surface area contributed by atoms with Crippen LogP contribution in [0, 0.1) is 5.92 Å². The summed E-state index contributed by atoms with van der Waals surface area (Å²) in [6.45, 7) is 4.68. The molecule has 6 heteroatoms. The van der Waals surface area contributed by atoms with Crippen molar-refractivity contribution in [2.24, 2.45) is 5.92 Å². The van der Waals surface area contributed by atoms with Crippen molar-refractivity contribution in [2.75, 3.05) is 31.4 Å². The van der Waals surface area contributed by atoms with Gasteiger partial charge < -0.3 is 20.1 Å². The molecule has 1 aliphatic rings. The lowest BCUT2D eigenvalue weighted by atomic mass is 9.64. The van der Waals surface area contributed by atoms with Gasteiger partial charge in [0, 0.05) is 49.1 Å². The first-order valence-corrected chi connectivity index (χ1v) is 10.7. The van der Waals surface area contributed by atoms with Gasteiger partial charge in [-0.05, 0) is 62.7 Å². The molecule has 2 N–H and O–H groups in total. The maximum atomic E-state index is 12.9. The molecule has 0 spiro atoms. The van der Waals surface area contributed by atoms with Gasteiger partial charge in [0.2, 0.25) is 0 Å². The van der Waals surface area contributed by atoms with Crippen molar-refractivity contribution in [2.45, 2.75) is 38.7 Å². The molecule has 0 radical (unpaired) electrons. The first-order valence-electron chi connectivity index (χ1n) is 10.7. The third kappa shape index (κ3) is 4.70. The summed E-state index contributed by atoms with van der Waals surface area (Å²) in [6, 6.07) is 15.2. The predicted octanol–water partition coefficient (Wildman–Crippen LogP) is 4.16. The van der Waals surface area contributed by atoms with E-state index in [4.69, 9.17) is 4.74 Å². The maximum absolute atomic E-state index is 12.9. The Morgan fingerprint density at radius 3 is 2.12 bits per heavy atom. The van der Waals surface area contributed by atoms with Gasteiger partial charge in [-0.3, -0.25) is 9.59 Å². The van der Waals surface area contributed by atoms with E-state index in [1.54, 1.807) is 14.0 Å². The third-order valence-electron chi connectivity index (χ3n) is 6.15. The number of allylic oxidation sites excluding steroid dienone is 1. The average Bonchev–Trinajstić information content (AvgIpc) is 2.72. The van der Waals surface area contributed by atoms with Crippen LogP contribution in [0.25, 0.3) is 0 Å². The molecule has 3 atom stereocenters. The highest BCUT2D eigenvalue weighted by atomic mass is 16.5. The van der Waals surface area contributed by atoms with Crippen LogP contribution in [0.4, 0.5) is 11.4 Å². The molecule has 2 aromatic carbocycles. The van der Waals surface area contributed by atoms with Crippen LogP contribution < -0.4 is 15.0 Å². The number of hydrogen-bond acceptors (Lipinski definition) is 6. The quantitative estimate of drug-likeness (QED) is 0.679. The minimum Gasteiger partial charge on any atom is -0.497 e. The van der Waals surface area contributed by atoms with Gasteiger partial charge in [-0.2, -0.15) is 0 Å². The van der Waals surface area contributed by atoms with Gasteiger partial charge in [0.05, 0.1) is 18.6 Å². The normalized spacial score (nSPS) is 23.0. The molecule has 0 heterocycles. The molecule has 1 aliphatic carbocycles. The summed E-state index contributed by atoms with van der Waals surface area (Å²) in [5, 5.41) is 14.7. The molecule has 32 heavy (non-hydrogen) atoms. The van der Waals surface area contributed by atoms with Gasteiger partial charge >= 0.3 is 0 Å². The van der Waals surface area contributed by atoms with E-state index in [1.165, 1.54) is 13.8 Å². The minimum atomic E-state index is -1.32. The number of carbonyl (C=O) groups is 2. The molecule has 2 aromatic rings. The fourth-order valence-electron chi connectivity index (χ4n) is 4.68. The van der Waals surface area contributed by atoms with Gasteiger partial charge in [-0.25, -0.2) is 0 Å². The number of anilines is 2. The molecule has 0 saturated heterocycles. The van der Waals surface area contributed by atoms with Crippen molar-refractivity contribution < 1.29 is 19.4 Å². The molecule has 0 aromatic heterocycles. The molecular formula is C26H32N2O4. The van der Waals surface area contributed by atoms with Crippen molar-refractivity contribution in [1.29, 1.82) is 0 Å².